The summed E-state index contributed by atoms with van der Waals surface area (Å²) in [6.07, 6.45) is 2.21. The van der Waals surface area contributed by atoms with Gasteiger partial charge < -0.3 is 11.1 Å². The van der Waals surface area contributed by atoms with Crippen LogP contribution in [0.3, 0.4) is 0 Å². The van der Waals surface area contributed by atoms with Gasteiger partial charge in [-0.25, -0.2) is 4.39 Å². The molecule has 1 aliphatic carbocycles. The number of rotatable bonds is 2. The van der Waals surface area contributed by atoms with Crippen LogP contribution in [-0.4, -0.2) is 12.3 Å². The molecule has 0 radical (unpaired) electrons. The number of primary amides is 1. The lowest BCUT2D eigenvalue weighted by atomic mass is 10.3. The largest absolute Gasteiger partial charge is 0.372 e. The lowest BCUT2D eigenvalue weighted by molar-refractivity contribution is -0.117. The highest BCUT2D eigenvalue weighted by atomic mass is 19.1. The molecule has 0 bridgehead atoms. The summed E-state index contributed by atoms with van der Waals surface area (Å²) in [6, 6.07) is 5.80. The molecule has 0 aliphatic heterocycles. The third-order valence-corrected chi connectivity index (χ3v) is 2.06. The molecule has 1 saturated carbocycles. The molecule has 0 spiro atoms. The average Bonchev–Trinajstić information content (AvgIpc) is 3.06. The Hall–Kier alpha value is -1.91. The molecule has 2 amide bonds. The van der Waals surface area contributed by atoms with Crippen molar-refractivity contribution >= 4 is 18.0 Å². The maximum absolute atomic E-state index is 12.5. The van der Waals surface area contributed by atoms with Crippen molar-refractivity contribution in [3.63, 3.8) is 0 Å². The second-order valence-corrected chi connectivity index (χ2v) is 3.41. The molecule has 0 heterocycles. The number of anilines is 1. The van der Waals surface area contributed by atoms with Crippen LogP contribution in [0.15, 0.2) is 24.3 Å². The average molecular weight is 224 g/mol. The zero-order valence-corrected chi connectivity index (χ0v) is 8.65. The van der Waals surface area contributed by atoms with Gasteiger partial charge in [0.2, 0.25) is 12.3 Å². The van der Waals surface area contributed by atoms with E-state index in [0.29, 0.717) is 5.69 Å². The molecule has 0 atom stereocenters. The van der Waals surface area contributed by atoms with E-state index in [4.69, 9.17) is 4.79 Å². The molecule has 1 aromatic rings. The van der Waals surface area contributed by atoms with Gasteiger partial charge in [-0.15, -0.1) is 0 Å². The maximum atomic E-state index is 12.5. The monoisotopic (exact) mass is 224 g/mol. The highest BCUT2D eigenvalue weighted by molar-refractivity contribution is 5.93. The Balaban J connectivity index is 0.000000386. The van der Waals surface area contributed by atoms with E-state index in [1.165, 1.54) is 12.1 Å². The van der Waals surface area contributed by atoms with E-state index in [0.717, 1.165) is 12.8 Å². The van der Waals surface area contributed by atoms with Crippen molar-refractivity contribution in [1.82, 2.24) is 0 Å². The summed E-state index contributed by atoms with van der Waals surface area (Å²) in [5.74, 6) is -0.0546. The van der Waals surface area contributed by atoms with Crippen LogP contribution in [0.2, 0.25) is 0 Å². The molecule has 2 rings (SSSR count). The first-order valence-corrected chi connectivity index (χ1v) is 4.89. The first-order valence-electron chi connectivity index (χ1n) is 4.89. The maximum Gasteiger partial charge on any atom is 0.227 e. The van der Waals surface area contributed by atoms with Crippen molar-refractivity contribution in [2.24, 2.45) is 11.7 Å². The molecule has 0 unspecified atom stereocenters. The standard InChI is InChI=1S/C10H10FNO.CH3NO/c11-8-3-5-9(6-4-8)12-10(13)7-1-2-7;2-1-3/h3-7H,1-2H2,(H,12,13);1H,(H2,2,3). The second kappa shape index (κ2) is 5.85. The Labute approximate surface area is 92.6 Å². The Bertz CT molecular complexity index is 361. The van der Waals surface area contributed by atoms with Gasteiger partial charge in [0.05, 0.1) is 0 Å². The summed E-state index contributed by atoms with van der Waals surface area (Å²) in [5, 5.41) is 2.73. The molecule has 1 fully saturated rings. The SMILES string of the molecule is NC=O.O=C(Nc1ccc(F)cc1)C1CC1. The molecular formula is C11H13FN2O2. The minimum atomic E-state index is -0.288. The smallest absolute Gasteiger partial charge is 0.227 e. The van der Waals surface area contributed by atoms with Gasteiger partial charge >= 0.3 is 0 Å². The summed E-state index contributed by atoms with van der Waals surface area (Å²) in [5.41, 5.74) is 4.83. The number of hydrogen-bond acceptors (Lipinski definition) is 2. The molecule has 4 nitrogen and oxygen atoms in total. The number of nitrogens with one attached hydrogen (secondary N) is 1. The lowest BCUT2D eigenvalue weighted by Crippen LogP contribution is -2.12. The predicted octanol–water partition coefficient (Wildman–Crippen LogP) is 1.28. The summed E-state index contributed by atoms with van der Waals surface area (Å²) < 4.78 is 12.5. The summed E-state index contributed by atoms with van der Waals surface area (Å²) in [4.78, 5) is 19.8. The third-order valence-electron chi connectivity index (χ3n) is 2.06. The molecule has 3 N–H and O–H groups in total. The molecule has 1 aromatic carbocycles. The quantitative estimate of drug-likeness (QED) is 0.742. The number of benzene rings is 1. The Morgan fingerprint density at radius 1 is 1.38 bits per heavy atom. The van der Waals surface area contributed by atoms with Gasteiger partial charge in [0.1, 0.15) is 5.82 Å². The zero-order valence-electron chi connectivity index (χ0n) is 8.65. The molecule has 0 aromatic heterocycles. The number of carbonyl (C=O) groups excluding carboxylic acids is 2. The molecule has 0 saturated heterocycles. The summed E-state index contributed by atoms with van der Waals surface area (Å²) in [7, 11) is 0. The number of halogens is 1. The van der Waals surface area contributed by atoms with E-state index in [-0.39, 0.29) is 24.1 Å². The van der Waals surface area contributed by atoms with Crippen LogP contribution in [0.25, 0.3) is 0 Å². The van der Waals surface area contributed by atoms with Gasteiger partial charge in [0, 0.05) is 11.6 Å². The van der Waals surface area contributed by atoms with Gasteiger partial charge in [0.15, 0.2) is 0 Å². The Morgan fingerprint density at radius 3 is 2.31 bits per heavy atom. The van der Waals surface area contributed by atoms with Gasteiger partial charge in [0.25, 0.3) is 0 Å². The zero-order chi connectivity index (χ0) is 12.0. The predicted molar refractivity (Wildman–Crippen MR) is 58.0 cm³/mol. The van der Waals surface area contributed by atoms with E-state index in [1.807, 2.05) is 0 Å². The van der Waals surface area contributed by atoms with Crippen molar-refractivity contribution < 1.29 is 14.0 Å². The molecular weight excluding hydrogens is 211 g/mol. The van der Waals surface area contributed by atoms with Crippen molar-refractivity contribution in [3.05, 3.63) is 30.1 Å². The summed E-state index contributed by atoms with van der Waals surface area (Å²) >= 11 is 0. The highest BCUT2D eigenvalue weighted by Crippen LogP contribution is 2.30. The lowest BCUT2D eigenvalue weighted by Gasteiger charge is -2.02. The van der Waals surface area contributed by atoms with Gasteiger partial charge in [-0.1, -0.05) is 0 Å². The third kappa shape index (κ3) is 4.08. The van der Waals surface area contributed by atoms with Crippen LogP contribution in [0.4, 0.5) is 10.1 Å². The summed E-state index contributed by atoms with van der Waals surface area (Å²) in [6.45, 7) is 0. The van der Waals surface area contributed by atoms with Crippen molar-refractivity contribution in [3.8, 4) is 0 Å². The van der Waals surface area contributed by atoms with Gasteiger partial charge in [-0.05, 0) is 37.1 Å². The number of nitrogens with two attached hydrogens (primary N) is 1. The highest BCUT2D eigenvalue weighted by Gasteiger charge is 2.29. The van der Waals surface area contributed by atoms with Crippen LogP contribution in [-0.2, 0) is 9.59 Å². The molecule has 1 aliphatic rings. The van der Waals surface area contributed by atoms with Crippen LogP contribution in [0.1, 0.15) is 12.8 Å². The Kier molecular flexibility index (Phi) is 4.44. The van der Waals surface area contributed by atoms with E-state index in [2.05, 4.69) is 11.1 Å². The first-order chi connectivity index (χ1) is 7.67. The number of hydrogen-bond donors (Lipinski definition) is 2. The van der Waals surface area contributed by atoms with E-state index in [1.54, 1.807) is 12.1 Å². The fourth-order valence-corrected chi connectivity index (χ4v) is 1.12. The minimum absolute atomic E-state index is 0.0478. The molecule has 5 heteroatoms. The van der Waals surface area contributed by atoms with E-state index >= 15 is 0 Å². The Morgan fingerprint density at radius 2 is 1.88 bits per heavy atom. The van der Waals surface area contributed by atoms with E-state index in [9.17, 15) is 9.18 Å². The van der Waals surface area contributed by atoms with Crippen molar-refractivity contribution in [2.75, 3.05) is 5.32 Å². The topological polar surface area (TPSA) is 72.2 Å². The fourth-order valence-electron chi connectivity index (χ4n) is 1.12. The van der Waals surface area contributed by atoms with Crippen LogP contribution in [0.5, 0.6) is 0 Å². The second-order valence-electron chi connectivity index (χ2n) is 3.41. The normalized spacial score (nSPS) is 13.3. The minimum Gasteiger partial charge on any atom is -0.372 e. The van der Waals surface area contributed by atoms with E-state index < -0.39 is 0 Å². The van der Waals surface area contributed by atoms with Crippen LogP contribution < -0.4 is 11.1 Å². The molecule has 86 valence electrons. The van der Waals surface area contributed by atoms with Gasteiger partial charge in [-0.2, -0.15) is 0 Å². The fraction of sp³-hybridized carbons (Fsp3) is 0.273. The van der Waals surface area contributed by atoms with Crippen molar-refractivity contribution in [1.29, 1.82) is 0 Å². The van der Waals surface area contributed by atoms with Crippen LogP contribution in [0, 0.1) is 11.7 Å². The number of carbonyl (C=O) groups is 2. The van der Waals surface area contributed by atoms with Gasteiger partial charge in [-0.3, -0.25) is 9.59 Å². The first kappa shape index (κ1) is 12.2. The molecule has 16 heavy (non-hydrogen) atoms. The number of amides is 2. The van der Waals surface area contributed by atoms with Crippen LogP contribution >= 0.6 is 0 Å². The van der Waals surface area contributed by atoms with Crippen molar-refractivity contribution in [2.45, 2.75) is 12.8 Å².